The number of nitrogens with zero attached hydrogens (tertiary/aromatic N) is 4. The van der Waals surface area contributed by atoms with Gasteiger partial charge in [-0.15, -0.1) is 5.10 Å². The Morgan fingerprint density at radius 2 is 2.00 bits per heavy atom. The van der Waals surface area contributed by atoms with Crippen molar-refractivity contribution in [3.05, 3.63) is 48.4 Å². The molecule has 3 rings (SSSR count). The first kappa shape index (κ1) is 13.8. The first-order valence-corrected chi connectivity index (χ1v) is 8.68. The number of aryl methyl sites for hydroxylation is 1. The maximum atomic E-state index is 11.1. The van der Waals surface area contributed by atoms with Crippen molar-refractivity contribution in [1.29, 1.82) is 0 Å². The van der Waals surface area contributed by atoms with Crippen LogP contribution < -0.4 is 0 Å². The summed E-state index contributed by atoms with van der Waals surface area (Å²) in [5, 5.41) is 9.25. The van der Waals surface area contributed by atoms with Crippen molar-refractivity contribution in [2.45, 2.75) is 13.1 Å². The molecule has 0 atom stereocenters. The number of sulfone groups is 1. The Hall–Kier alpha value is -2.15. The van der Waals surface area contributed by atoms with Gasteiger partial charge in [0.2, 0.25) is 0 Å². The molecule has 21 heavy (non-hydrogen) atoms. The molecular formula is C14H16N4O2S. The summed E-state index contributed by atoms with van der Waals surface area (Å²) < 4.78 is 26.0. The first-order chi connectivity index (χ1) is 10.0. The van der Waals surface area contributed by atoms with Gasteiger partial charge < -0.3 is 4.57 Å². The van der Waals surface area contributed by atoms with Gasteiger partial charge in [0.1, 0.15) is 15.5 Å². The van der Waals surface area contributed by atoms with E-state index in [9.17, 15) is 8.42 Å². The smallest absolute Gasteiger partial charge is 0.149 e. The van der Waals surface area contributed by atoms with Crippen LogP contribution in [-0.2, 0) is 22.9 Å². The summed E-state index contributed by atoms with van der Waals surface area (Å²) in [6.07, 6.45) is 5.02. The molecule has 0 radical (unpaired) electrons. The molecule has 0 bridgehead atoms. The fraction of sp³-hybridized carbons (Fsp3) is 0.286. The van der Waals surface area contributed by atoms with Crippen LogP contribution in [0.1, 0.15) is 5.69 Å². The summed E-state index contributed by atoms with van der Waals surface area (Å²) in [6.45, 7) is 0.949. The minimum atomic E-state index is -2.99. The van der Waals surface area contributed by atoms with Gasteiger partial charge in [0.05, 0.1) is 25.0 Å². The molecule has 0 fully saturated rings. The highest BCUT2D eigenvalue weighted by atomic mass is 32.2. The van der Waals surface area contributed by atoms with Crippen LogP contribution in [0.4, 0.5) is 0 Å². The maximum absolute atomic E-state index is 11.1. The van der Waals surface area contributed by atoms with E-state index in [1.54, 1.807) is 10.9 Å². The van der Waals surface area contributed by atoms with Crippen molar-refractivity contribution in [3.8, 4) is 0 Å². The van der Waals surface area contributed by atoms with E-state index in [2.05, 4.69) is 33.1 Å². The van der Waals surface area contributed by atoms with E-state index in [-0.39, 0.29) is 5.75 Å². The predicted octanol–water partition coefficient (Wildman–Crippen LogP) is 1.33. The third kappa shape index (κ3) is 3.30. The van der Waals surface area contributed by atoms with Crippen LogP contribution in [0.2, 0.25) is 0 Å². The normalized spacial score (nSPS) is 12.0. The SMILES string of the molecule is CS(=O)(=O)CCn1cc(Cn2ccc3ccccc32)nn1. The lowest BCUT2D eigenvalue weighted by Crippen LogP contribution is -2.11. The minimum Gasteiger partial charge on any atom is -0.341 e. The Kier molecular flexibility index (Phi) is 3.50. The molecule has 2 aromatic heterocycles. The van der Waals surface area contributed by atoms with Crippen molar-refractivity contribution < 1.29 is 8.42 Å². The number of aromatic nitrogens is 4. The summed E-state index contributed by atoms with van der Waals surface area (Å²) in [4.78, 5) is 0. The Balaban J connectivity index is 1.75. The van der Waals surface area contributed by atoms with E-state index >= 15 is 0 Å². The molecule has 0 N–H and O–H groups in total. The molecule has 7 heteroatoms. The summed E-state index contributed by atoms with van der Waals surface area (Å²) in [6, 6.07) is 10.2. The van der Waals surface area contributed by atoms with Gasteiger partial charge in [-0.1, -0.05) is 23.4 Å². The van der Waals surface area contributed by atoms with Gasteiger partial charge in [-0.25, -0.2) is 8.42 Å². The molecule has 0 spiro atoms. The van der Waals surface area contributed by atoms with Gasteiger partial charge in [-0.05, 0) is 17.5 Å². The zero-order valence-electron chi connectivity index (χ0n) is 11.7. The van der Waals surface area contributed by atoms with E-state index in [1.165, 1.54) is 11.6 Å². The number of hydrogen-bond donors (Lipinski definition) is 0. The second-order valence-corrected chi connectivity index (χ2v) is 7.37. The lowest BCUT2D eigenvalue weighted by atomic mass is 10.2. The minimum absolute atomic E-state index is 0.0717. The van der Waals surface area contributed by atoms with Crippen molar-refractivity contribution in [2.75, 3.05) is 12.0 Å². The number of hydrogen-bond acceptors (Lipinski definition) is 4. The number of benzene rings is 1. The average Bonchev–Trinajstić information content (AvgIpc) is 3.04. The third-order valence-corrected chi connectivity index (χ3v) is 4.21. The Morgan fingerprint density at radius 3 is 2.81 bits per heavy atom. The second-order valence-electron chi connectivity index (χ2n) is 5.11. The van der Waals surface area contributed by atoms with Crippen LogP contribution in [0.3, 0.4) is 0 Å². The topological polar surface area (TPSA) is 69.8 Å². The average molecular weight is 304 g/mol. The highest BCUT2D eigenvalue weighted by Gasteiger charge is 2.07. The molecule has 1 aromatic carbocycles. The van der Waals surface area contributed by atoms with E-state index in [4.69, 9.17) is 0 Å². The molecule has 0 saturated heterocycles. The second kappa shape index (κ2) is 5.33. The van der Waals surface area contributed by atoms with Gasteiger partial charge in [0, 0.05) is 18.0 Å². The molecular weight excluding hydrogens is 288 g/mol. The van der Waals surface area contributed by atoms with Crippen molar-refractivity contribution >= 4 is 20.7 Å². The van der Waals surface area contributed by atoms with E-state index in [1.807, 2.05) is 18.3 Å². The zero-order chi connectivity index (χ0) is 14.9. The van der Waals surface area contributed by atoms with E-state index in [0.29, 0.717) is 13.1 Å². The molecule has 0 amide bonds. The Morgan fingerprint density at radius 1 is 1.19 bits per heavy atom. The highest BCUT2D eigenvalue weighted by molar-refractivity contribution is 7.90. The molecule has 0 unspecified atom stereocenters. The summed E-state index contributed by atoms with van der Waals surface area (Å²) in [7, 11) is -2.99. The molecule has 2 heterocycles. The summed E-state index contributed by atoms with van der Waals surface area (Å²) >= 11 is 0. The molecule has 0 aliphatic rings. The molecule has 0 aliphatic carbocycles. The number of rotatable bonds is 5. The van der Waals surface area contributed by atoms with Crippen LogP contribution >= 0.6 is 0 Å². The summed E-state index contributed by atoms with van der Waals surface area (Å²) in [5.74, 6) is 0.0717. The van der Waals surface area contributed by atoms with Crippen molar-refractivity contribution in [1.82, 2.24) is 19.6 Å². The first-order valence-electron chi connectivity index (χ1n) is 6.62. The lowest BCUT2D eigenvalue weighted by Gasteiger charge is -2.02. The molecule has 6 nitrogen and oxygen atoms in total. The van der Waals surface area contributed by atoms with Crippen LogP contribution in [0.15, 0.2) is 42.7 Å². The Labute approximate surface area is 122 Å². The highest BCUT2D eigenvalue weighted by Crippen LogP contribution is 2.16. The van der Waals surface area contributed by atoms with Gasteiger partial charge >= 0.3 is 0 Å². The number of para-hydroxylation sites is 1. The zero-order valence-corrected chi connectivity index (χ0v) is 12.5. The largest absolute Gasteiger partial charge is 0.341 e. The Bertz CT molecular complexity index is 864. The molecule has 0 aliphatic heterocycles. The van der Waals surface area contributed by atoms with E-state index in [0.717, 1.165) is 11.2 Å². The molecule has 110 valence electrons. The number of fused-ring (bicyclic) bond motifs is 1. The third-order valence-electron chi connectivity index (χ3n) is 3.29. The van der Waals surface area contributed by atoms with Crippen molar-refractivity contribution in [2.24, 2.45) is 0 Å². The molecule has 0 saturated carbocycles. The molecule has 3 aromatic rings. The standard InChI is InChI=1S/C14H16N4O2S/c1-21(19,20)9-8-18-11-13(15-16-18)10-17-7-6-12-4-2-3-5-14(12)17/h2-7,11H,8-10H2,1H3. The van der Waals surface area contributed by atoms with Gasteiger partial charge in [0.25, 0.3) is 0 Å². The van der Waals surface area contributed by atoms with Crippen LogP contribution in [0, 0.1) is 0 Å². The fourth-order valence-corrected chi connectivity index (χ4v) is 2.75. The van der Waals surface area contributed by atoms with Crippen LogP contribution in [0.5, 0.6) is 0 Å². The maximum Gasteiger partial charge on any atom is 0.149 e. The van der Waals surface area contributed by atoms with Crippen molar-refractivity contribution in [3.63, 3.8) is 0 Å². The van der Waals surface area contributed by atoms with Crippen LogP contribution in [0.25, 0.3) is 10.9 Å². The fourth-order valence-electron chi connectivity index (χ4n) is 2.23. The monoisotopic (exact) mass is 304 g/mol. The van der Waals surface area contributed by atoms with Gasteiger partial charge in [0.15, 0.2) is 0 Å². The van der Waals surface area contributed by atoms with Gasteiger partial charge in [-0.2, -0.15) is 0 Å². The lowest BCUT2D eigenvalue weighted by molar-refractivity contribution is 0.579. The van der Waals surface area contributed by atoms with Crippen LogP contribution in [-0.4, -0.2) is 40.0 Å². The predicted molar refractivity (Wildman–Crippen MR) is 80.8 cm³/mol. The summed E-state index contributed by atoms with van der Waals surface area (Å²) in [5.41, 5.74) is 1.95. The quantitative estimate of drug-likeness (QED) is 0.713. The van der Waals surface area contributed by atoms with Gasteiger partial charge in [-0.3, -0.25) is 4.68 Å². The van der Waals surface area contributed by atoms with E-state index < -0.39 is 9.84 Å².